The van der Waals surface area contributed by atoms with E-state index in [2.05, 4.69) is 19.1 Å². The van der Waals surface area contributed by atoms with E-state index in [9.17, 15) is 0 Å². The molecule has 12 heavy (non-hydrogen) atoms. The van der Waals surface area contributed by atoms with E-state index in [0.29, 0.717) is 0 Å². The van der Waals surface area contributed by atoms with Gasteiger partial charge in [0.05, 0.1) is 7.17 Å². The summed E-state index contributed by atoms with van der Waals surface area (Å²) in [5.41, 5.74) is 1.32. The Bertz CT molecular complexity index is 172. The van der Waals surface area contributed by atoms with Crippen LogP contribution >= 0.6 is 0 Å². The minimum absolute atomic E-state index is 1.04. The fourth-order valence-corrected chi connectivity index (χ4v) is 0.670. The lowest BCUT2D eigenvalue weighted by Gasteiger charge is -1.82. The molecular formula is C9H13B3. The molecule has 0 fully saturated rings. The van der Waals surface area contributed by atoms with Crippen LogP contribution in [0, 0.1) is 6.92 Å². The highest BCUT2D eigenvalue weighted by Crippen LogP contribution is 1.92. The third-order valence-electron chi connectivity index (χ3n) is 1.31. The summed E-state index contributed by atoms with van der Waals surface area (Å²) in [7, 11) is 8.42. The van der Waals surface area contributed by atoms with Crippen molar-refractivity contribution in [3.8, 4) is 0 Å². The molecule has 0 bridgehead atoms. The van der Waals surface area contributed by atoms with Crippen molar-refractivity contribution in [2.24, 2.45) is 0 Å². The second-order valence-corrected chi connectivity index (χ2v) is 2.49. The molecule has 0 spiro atoms. The molecule has 0 aromatic heterocycles. The standard InChI is InChI=1S/C7H8.C2H5B3/c1-7-5-3-2-4-6-7;1-2-4-5-3/h2-6H,1H3;2H2,1H3. The lowest BCUT2D eigenvalue weighted by Crippen LogP contribution is -1.98. The molecule has 1 rings (SSSR count). The Morgan fingerprint density at radius 2 is 1.83 bits per heavy atom. The van der Waals surface area contributed by atoms with Crippen LogP contribution in [0.3, 0.4) is 0 Å². The Morgan fingerprint density at radius 1 is 1.25 bits per heavy atom. The fourth-order valence-electron chi connectivity index (χ4n) is 0.670. The van der Waals surface area contributed by atoms with Crippen molar-refractivity contribution in [3.63, 3.8) is 0 Å². The monoisotopic (exact) mass is 154 g/mol. The van der Waals surface area contributed by atoms with Crippen molar-refractivity contribution >= 4 is 22.0 Å². The first-order valence-corrected chi connectivity index (χ1v) is 4.19. The maximum Gasteiger partial charge on any atom is 0.0541 e. The fraction of sp³-hybridized carbons (Fsp3) is 0.333. The third kappa shape index (κ3) is 7.52. The van der Waals surface area contributed by atoms with E-state index in [4.69, 9.17) is 7.74 Å². The molecule has 0 saturated heterocycles. The summed E-state index contributed by atoms with van der Waals surface area (Å²) in [6, 6.07) is 10.3. The summed E-state index contributed by atoms with van der Waals surface area (Å²) in [6.07, 6.45) is 1.04. The van der Waals surface area contributed by atoms with Crippen molar-refractivity contribution in [1.82, 2.24) is 0 Å². The number of hydrogen-bond acceptors (Lipinski definition) is 0. The smallest absolute Gasteiger partial charge is 0.0541 e. The zero-order chi connectivity index (χ0) is 9.23. The summed E-state index contributed by atoms with van der Waals surface area (Å²) >= 11 is 0. The van der Waals surface area contributed by atoms with Crippen molar-refractivity contribution in [1.29, 1.82) is 0 Å². The quantitative estimate of drug-likeness (QED) is 0.569. The Balaban J connectivity index is 0.000000217. The van der Waals surface area contributed by atoms with E-state index in [1.54, 1.807) is 7.06 Å². The predicted octanol–water partition coefficient (Wildman–Crippen LogP) is 1.83. The van der Waals surface area contributed by atoms with Gasteiger partial charge in [-0.25, -0.2) is 0 Å². The molecule has 0 unspecified atom stereocenters. The third-order valence-corrected chi connectivity index (χ3v) is 1.31. The Kier molecular flexibility index (Phi) is 8.10. The van der Waals surface area contributed by atoms with Gasteiger partial charge in [-0.3, -0.25) is 0 Å². The van der Waals surface area contributed by atoms with E-state index in [1.807, 2.05) is 32.3 Å². The van der Waals surface area contributed by atoms with E-state index >= 15 is 0 Å². The molecule has 0 atom stereocenters. The number of hydrogen-bond donors (Lipinski definition) is 0. The van der Waals surface area contributed by atoms with Gasteiger partial charge >= 0.3 is 0 Å². The molecule has 0 saturated carbocycles. The zero-order valence-corrected chi connectivity index (χ0v) is 7.83. The van der Waals surface area contributed by atoms with Gasteiger partial charge in [0.25, 0.3) is 0 Å². The lowest BCUT2D eigenvalue weighted by molar-refractivity contribution is 1.47. The first-order chi connectivity index (χ1) is 5.81. The zero-order valence-electron chi connectivity index (χ0n) is 7.83. The molecule has 1 aromatic carbocycles. The van der Waals surface area contributed by atoms with Crippen LogP contribution < -0.4 is 0 Å². The molecule has 0 heterocycles. The summed E-state index contributed by atoms with van der Waals surface area (Å²) in [5, 5.41) is 0. The van der Waals surface area contributed by atoms with Gasteiger partial charge in [-0.1, -0.05) is 49.1 Å². The molecule has 0 N–H and O–H groups in total. The van der Waals surface area contributed by atoms with Gasteiger partial charge in [0.1, 0.15) is 0 Å². The molecule has 1 aromatic rings. The van der Waals surface area contributed by atoms with Gasteiger partial charge in [-0.2, -0.15) is 0 Å². The van der Waals surface area contributed by atoms with Crippen LogP contribution in [0.4, 0.5) is 0 Å². The SMILES string of the molecule is Cc1ccccc1.[B][B][B]CC. The molecule has 0 nitrogen and oxygen atoms in total. The molecule has 3 heteroatoms. The summed E-state index contributed by atoms with van der Waals surface area (Å²) in [5.74, 6) is 0. The summed E-state index contributed by atoms with van der Waals surface area (Å²) in [6.45, 7) is 4.13. The van der Waals surface area contributed by atoms with Gasteiger partial charge in [0.15, 0.2) is 0 Å². The minimum Gasteiger partial charge on any atom is -0.0923 e. The average Bonchev–Trinajstić information content (AvgIpc) is 2.08. The van der Waals surface area contributed by atoms with E-state index < -0.39 is 0 Å². The molecule has 0 amide bonds. The van der Waals surface area contributed by atoms with Gasteiger partial charge < -0.3 is 0 Å². The van der Waals surface area contributed by atoms with Crippen molar-refractivity contribution in [2.75, 3.05) is 0 Å². The number of rotatable bonds is 2. The summed E-state index contributed by atoms with van der Waals surface area (Å²) in [4.78, 5) is 0. The number of aryl methyl sites for hydroxylation is 1. The van der Waals surface area contributed by atoms with Gasteiger partial charge in [-0.05, 0) is 6.92 Å². The van der Waals surface area contributed by atoms with E-state index in [1.165, 1.54) is 5.56 Å². The minimum atomic E-state index is 1.04. The van der Waals surface area contributed by atoms with Gasteiger partial charge in [0, 0.05) is 14.8 Å². The highest BCUT2D eigenvalue weighted by molar-refractivity contribution is 7.23. The first kappa shape index (κ1) is 11.4. The van der Waals surface area contributed by atoms with Crippen molar-refractivity contribution in [2.45, 2.75) is 20.2 Å². The summed E-state index contributed by atoms with van der Waals surface area (Å²) < 4.78 is 0. The largest absolute Gasteiger partial charge is 0.0923 e. The lowest BCUT2D eigenvalue weighted by atomic mass is 9.27. The highest BCUT2D eigenvalue weighted by Gasteiger charge is 1.73. The predicted molar refractivity (Wildman–Crippen MR) is 58.9 cm³/mol. The van der Waals surface area contributed by atoms with E-state index in [-0.39, 0.29) is 0 Å². The molecule has 0 aliphatic rings. The molecule has 0 aliphatic carbocycles. The number of benzene rings is 1. The molecular weight excluding hydrogens is 141 g/mol. The average molecular weight is 154 g/mol. The van der Waals surface area contributed by atoms with Crippen molar-refractivity contribution in [3.05, 3.63) is 35.9 Å². The van der Waals surface area contributed by atoms with Crippen LogP contribution in [-0.2, 0) is 0 Å². The van der Waals surface area contributed by atoms with Crippen LogP contribution in [0.25, 0.3) is 0 Å². The molecule has 0 aliphatic heterocycles. The van der Waals surface area contributed by atoms with Crippen LogP contribution in [-0.4, -0.2) is 22.0 Å². The molecule has 58 valence electrons. The van der Waals surface area contributed by atoms with Crippen LogP contribution in [0.15, 0.2) is 30.3 Å². The Hall–Kier alpha value is -0.585. The van der Waals surface area contributed by atoms with Crippen LogP contribution in [0.2, 0.25) is 6.32 Å². The topological polar surface area (TPSA) is 0 Å². The maximum absolute atomic E-state index is 4.96. The van der Waals surface area contributed by atoms with Gasteiger partial charge in [-0.15, -0.1) is 0 Å². The van der Waals surface area contributed by atoms with Gasteiger partial charge in [0.2, 0.25) is 0 Å². The second kappa shape index (κ2) is 8.51. The van der Waals surface area contributed by atoms with Crippen molar-refractivity contribution < 1.29 is 0 Å². The first-order valence-electron chi connectivity index (χ1n) is 4.19. The van der Waals surface area contributed by atoms with Crippen LogP contribution in [0.5, 0.6) is 0 Å². The Morgan fingerprint density at radius 3 is 2.00 bits per heavy atom. The van der Waals surface area contributed by atoms with Crippen LogP contribution in [0.1, 0.15) is 12.5 Å². The van der Waals surface area contributed by atoms with E-state index in [0.717, 1.165) is 6.32 Å². The highest BCUT2D eigenvalue weighted by atomic mass is 13.8. The normalized spacial score (nSPS) is 7.83. The second-order valence-electron chi connectivity index (χ2n) is 2.49. The Labute approximate surface area is 78.6 Å². The maximum atomic E-state index is 4.96. The molecule has 4 radical (unpaired) electrons.